The average molecular weight is 450 g/mol. The number of aliphatic imine (C=N–C) groups is 1. The predicted octanol–water partition coefficient (Wildman–Crippen LogP) is 3.47. The minimum atomic E-state index is -0.0545. The number of carbonyl (C=O) groups is 1. The maximum absolute atomic E-state index is 10.9. The Morgan fingerprint density at radius 1 is 1.57 bits per heavy atom. The van der Waals surface area contributed by atoms with E-state index in [1.165, 1.54) is 37.3 Å². The minimum Gasteiger partial charge on any atom is -0.349 e. The Hall–Kier alpha value is -1.27. The molecule has 0 saturated carbocycles. The van der Waals surface area contributed by atoms with Crippen molar-refractivity contribution in [2.24, 2.45) is 10.7 Å². The molecule has 4 rings (SSSR count). The van der Waals surface area contributed by atoms with Gasteiger partial charge < -0.3 is 21.0 Å². The van der Waals surface area contributed by atoms with Gasteiger partial charge in [-0.3, -0.25) is 9.79 Å². The van der Waals surface area contributed by atoms with Gasteiger partial charge in [-0.2, -0.15) is 11.3 Å². The summed E-state index contributed by atoms with van der Waals surface area (Å²) in [6.07, 6.45) is 4.50. The highest BCUT2D eigenvalue weighted by molar-refractivity contribution is 7.57. The topological polar surface area (TPSA) is 82.8 Å². The number of nitrogens with two attached hydrogens (primary N) is 1. The maximum Gasteiger partial charge on any atom is 0.217 e. The molecule has 1 amide bonds. The van der Waals surface area contributed by atoms with Crippen molar-refractivity contribution in [3.05, 3.63) is 34.5 Å². The highest BCUT2D eigenvalue weighted by Gasteiger charge is 2.42. The van der Waals surface area contributed by atoms with Crippen LogP contribution < -0.4 is 16.4 Å². The number of piperidine rings is 1. The molecule has 166 valence electrons. The zero-order chi connectivity index (χ0) is 21.7. The van der Waals surface area contributed by atoms with Gasteiger partial charge in [0, 0.05) is 27.7 Å². The summed E-state index contributed by atoms with van der Waals surface area (Å²) in [7, 11) is -0.0545. The fraction of sp³-hybridized carbons (Fsp3) is 0.636. The fourth-order valence-electron chi connectivity index (χ4n) is 4.63. The van der Waals surface area contributed by atoms with Gasteiger partial charge in [-0.15, -0.1) is 0 Å². The second kappa shape index (κ2) is 10.9. The van der Waals surface area contributed by atoms with Crippen LogP contribution in [0.1, 0.15) is 51.6 Å². The quantitative estimate of drug-likeness (QED) is 0.475. The van der Waals surface area contributed by atoms with E-state index in [9.17, 15) is 4.79 Å². The first-order valence-electron chi connectivity index (χ1n) is 10.9. The largest absolute Gasteiger partial charge is 0.349 e. The van der Waals surface area contributed by atoms with Crippen molar-refractivity contribution in [1.29, 1.82) is 0 Å². The summed E-state index contributed by atoms with van der Waals surface area (Å²) in [4.78, 5) is 15.7. The molecule has 0 aromatic carbocycles. The number of carbonyl (C=O) groups excluding carboxylic acids is 1. The molecule has 4 N–H and O–H groups in total. The molecule has 8 heteroatoms. The van der Waals surface area contributed by atoms with Crippen molar-refractivity contribution in [3.63, 3.8) is 0 Å². The van der Waals surface area contributed by atoms with E-state index in [1.54, 1.807) is 11.3 Å². The van der Waals surface area contributed by atoms with Gasteiger partial charge in [0.2, 0.25) is 5.91 Å². The molecule has 6 nitrogen and oxygen atoms in total. The number of nitrogens with one attached hydrogen (secondary N) is 2. The summed E-state index contributed by atoms with van der Waals surface area (Å²) >= 11 is 1.63. The molecule has 3 aliphatic heterocycles. The van der Waals surface area contributed by atoms with Crippen LogP contribution in [-0.2, 0) is 4.79 Å². The Labute approximate surface area is 186 Å². The smallest absolute Gasteiger partial charge is 0.217 e. The number of hydrogen-bond acceptors (Lipinski definition) is 6. The predicted molar refractivity (Wildman–Crippen MR) is 130 cm³/mol. The van der Waals surface area contributed by atoms with E-state index in [2.05, 4.69) is 35.7 Å². The van der Waals surface area contributed by atoms with E-state index < -0.39 is 0 Å². The summed E-state index contributed by atoms with van der Waals surface area (Å²) in [5.41, 5.74) is 8.86. The van der Waals surface area contributed by atoms with E-state index >= 15 is 0 Å². The van der Waals surface area contributed by atoms with Crippen LogP contribution in [-0.4, -0.2) is 60.0 Å². The summed E-state index contributed by atoms with van der Waals surface area (Å²) in [5.74, 6) is 1.28. The third kappa shape index (κ3) is 5.70. The Morgan fingerprint density at radius 2 is 2.37 bits per heavy atom. The summed E-state index contributed by atoms with van der Waals surface area (Å²) in [5, 5.41) is 10.4. The third-order valence-corrected chi connectivity index (χ3v) is 9.76. The number of fused-ring (bicyclic) bond motifs is 1. The maximum atomic E-state index is 10.9. The van der Waals surface area contributed by atoms with Crippen molar-refractivity contribution >= 4 is 31.2 Å². The van der Waals surface area contributed by atoms with Crippen LogP contribution in [0.5, 0.6) is 0 Å². The molecule has 0 bridgehead atoms. The van der Waals surface area contributed by atoms with Crippen LogP contribution in [0.4, 0.5) is 0 Å². The van der Waals surface area contributed by atoms with Crippen LogP contribution >= 0.6 is 19.4 Å². The van der Waals surface area contributed by atoms with E-state index in [4.69, 9.17) is 10.7 Å². The van der Waals surface area contributed by atoms with Gasteiger partial charge in [0.25, 0.3) is 0 Å². The molecule has 3 aliphatic rings. The van der Waals surface area contributed by atoms with Crippen molar-refractivity contribution in [1.82, 2.24) is 15.3 Å². The third-order valence-electron chi connectivity index (χ3n) is 5.95. The molecular weight excluding hydrogens is 413 g/mol. The van der Waals surface area contributed by atoms with E-state index in [1.807, 2.05) is 16.8 Å². The Kier molecular flexibility index (Phi) is 8.46. The lowest BCUT2D eigenvalue weighted by atomic mass is 10.0. The molecule has 30 heavy (non-hydrogen) atoms. The Balaban J connectivity index is 0.000000178. The van der Waals surface area contributed by atoms with Gasteiger partial charge in [0.05, 0.1) is 24.0 Å². The first-order valence-corrected chi connectivity index (χ1v) is 13.4. The van der Waals surface area contributed by atoms with Crippen LogP contribution in [0.2, 0.25) is 0 Å². The van der Waals surface area contributed by atoms with Gasteiger partial charge in [0.1, 0.15) is 0 Å². The zero-order valence-corrected chi connectivity index (χ0v) is 20.1. The molecule has 5 atom stereocenters. The van der Waals surface area contributed by atoms with Crippen LogP contribution in [0.15, 0.2) is 34.0 Å². The lowest BCUT2D eigenvalue weighted by molar-refractivity contribution is -0.119. The highest BCUT2D eigenvalue weighted by Crippen LogP contribution is 2.57. The Bertz CT molecular complexity index is 753. The number of thiophene rings is 1. The first kappa shape index (κ1) is 23.4. The Morgan fingerprint density at radius 3 is 2.97 bits per heavy atom. The van der Waals surface area contributed by atoms with Gasteiger partial charge in [-0.25, -0.2) is 0 Å². The summed E-state index contributed by atoms with van der Waals surface area (Å²) in [6, 6.07) is 3.28. The minimum absolute atomic E-state index is 0.00958. The SMILES string of the molecule is C=C1CC(C)P(N2C(C)=NC3CNCCC32)C1.CC(=O)NC(CCN)c1ccsc1. The van der Waals surface area contributed by atoms with Crippen molar-refractivity contribution in [2.75, 3.05) is 25.8 Å². The zero-order valence-electron chi connectivity index (χ0n) is 18.4. The average Bonchev–Trinajstić information content (AvgIpc) is 3.40. The highest BCUT2D eigenvalue weighted by atomic mass is 32.1. The monoisotopic (exact) mass is 449 g/mol. The van der Waals surface area contributed by atoms with Crippen molar-refractivity contribution < 1.29 is 4.79 Å². The van der Waals surface area contributed by atoms with Crippen molar-refractivity contribution in [3.8, 4) is 0 Å². The first-order chi connectivity index (χ1) is 14.4. The van der Waals surface area contributed by atoms with Gasteiger partial charge in [-0.1, -0.05) is 19.1 Å². The fourth-order valence-corrected chi connectivity index (χ4v) is 8.36. The molecule has 4 heterocycles. The van der Waals surface area contributed by atoms with Gasteiger partial charge >= 0.3 is 0 Å². The number of amides is 1. The van der Waals surface area contributed by atoms with E-state index in [0.29, 0.717) is 18.6 Å². The summed E-state index contributed by atoms with van der Waals surface area (Å²) < 4.78 is 2.68. The number of nitrogens with zero attached hydrogens (tertiary/aromatic N) is 2. The lowest BCUT2D eigenvalue weighted by Crippen LogP contribution is -2.47. The second-order valence-electron chi connectivity index (χ2n) is 8.44. The number of rotatable bonds is 5. The molecule has 0 radical (unpaired) electrons. The molecule has 5 unspecified atom stereocenters. The van der Waals surface area contributed by atoms with Gasteiger partial charge in [0.15, 0.2) is 0 Å². The van der Waals surface area contributed by atoms with Gasteiger partial charge in [-0.05, 0) is 67.3 Å². The molecule has 2 saturated heterocycles. The second-order valence-corrected chi connectivity index (χ2v) is 11.7. The van der Waals surface area contributed by atoms with E-state index in [0.717, 1.165) is 30.7 Å². The standard InChI is InChI=1S/C13H22N3P.C9H14N2OS/c1-9-6-10(2)17(8-9)16-11(3)15-12-7-14-5-4-13(12)16;1-7(12)11-9(2-4-10)8-3-5-13-6-8/h10,12-14H,1,4-8H2,2-3H3;3,5-6,9H,2,4,10H2,1H3,(H,11,12). The van der Waals surface area contributed by atoms with Crippen LogP contribution in [0.25, 0.3) is 0 Å². The van der Waals surface area contributed by atoms with E-state index in [-0.39, 0.29) is 20.0 Å². The molecule has 1 aromatic rings. The summed E-state index contributed by atoms with van der Waals surface area (Å²) in [6.45, 7) is 13.1. The van der Waals surface area contributed by atoms with Crippen LogP contribution in [0.3, 0.4) is 0 Å². The van der Waals surface area contributed by atoms with Crippen molar-refractivity contribution in [2.45, 2.75) is 63.8 Å². The lowest BCUT2D eigenvalue weighted by Gasteiger charge is -2.38. The molecule has 0 aliphatic carbocycles. The molecule has 0 spiro atoms. The number of amidine groups is 1. The molecule has 1 aromatic heterocycles. The molecular formula is C22H36N5OPS. The number of allylic oxidation sites excluding steroid dienone is 1. The van der Waals surface area contributed by atoms with Crippen LogP contribution in [0, 0.1) is 0 Å². The number of hydrogen-bond donors (Lipinski definition) is 3. The normalized spacial score (nSPS) is 29.0. The molecule has 2 fully saturated rings.